The van der Waals surface area contributed by atoms with E-state index in [1.54, 1.807) is 21.7 Å². The van der Waals surface area contributed by atoms with Crippen molar-refractivity contribution in [3.8, 4) is 5.69 Å². The molecular formula is C19H26ClFN4O. The van der Waals surface area contributed by atoms with Gasteiger partial charge >= 0.3 is 0 Å². The fraction of sp³-hybridized carbons (Fsp3) is 0.474. The molecule has 3 rings (SSSR count). The van der Waals surface area contributed by atoms with Gasteiger partial charge in [-0.2, -0.15) is 5.10 Å². The number of hydrogen-bond acceptors (Lipinski definition) is 3. The maximum Gasteiger partial charge on any atom is 0.253 e. The Hall–Kier alpha value is -1.92. The van der Waals surface area contributed by atoms with Crippen molar-refractivity contribution in [3.05, 3.63) is 47.0 Å². The first-order chi connectivity index (χ1) is 11.9. The average Bonchev–Trinajstić information content (AvgIpc) is 2.92. The third kappa shape index (κ3) is 4.07. The SMILES string of the molecule is Cc1cc(C)n(-c2ccc(C(=O)N3CCC(C(C)N)CC3)cc2F)n1.Cl. The number of hydrogen-bond donors (Lipinski definition) is 1. The Kier molecular flexibility index (Phi) is 6.42. The van der Waals surface area contributed by atoms with Crippen LogP contribution in [0.4, 0.5) is 4.39 Å². The summed E-state index contributed by atoms with van der Waals surface area (Å²) in [4.78, 5) is 14.4. The van der Waals surface area contributed by atoms with Crippen molar-refractivity contribution in [2.24, 2.45) is 11.7 Å². The first kappa shape index (κ1) is 20.4. The van der Waals surface area contributed by atoms with Crippen LogP contribution in [0.15, 0.2) is 24.3 Å². The molecule has 1 fully saturated rings. The van der Waals surface area contributed by atoms with Gasteiger partial charge < -0.3 is 10.6 Å². The van der Waals surface area contributed by atoms with Gasteiger partial charge in [0.25, 0.3) is 5.91 Å². The van der Waals surface area contributed by atoms with E-state index in [2.05, 4.69) is 5.10 Å². The number of piperidine rings is 1. The van der Waals surface area contributed by atoms with E-state index in [0.29, 0.717) is 30.3 Å². The summed E-state index contributed by atoms with van der Waals surface area (Å²) in [7, 11) is 0. The number of aryl methyl sites for hydroxylation is 2. The zero-order chi connectivity index (χ0) is 18.1. The van der Waals surface area contributed by atoms with Crippen LogP contribution in [0.3, 0.4) is 0 Å². The minimum atomic E-state index is -0.442. The van der Waals surface area contributed by atoms with E-state index in [9.17, 15) is 9.18 Å². The van der Waals surface area contributed by atoms with Gasteiger partial charge in [-0.15, -0.1) is 12.4 Å². The van der Waals surface area contributed by atoms with Crippen molar-refractivity contribution in [1.29, 1.82) is 0 Å². The van der Waals surface area contributed by atoms with Crippen LogP contribution >= 0.6 is 12.4 Å². The van der Waals surface area contributed by atoms with E-state index in [-0.39, 0.29) is 24.4 Å². The second kappa shape index (κ2) is 8.18. The Bertz CT molecular complexity index is 782. The molecule has 26 heavy (non-hydrogen) atoms. The molecule has 7 heteroatoms. The summed E-state index contributed by atoms with van der Waals surface area (Å²) >= 11 is 0. The van der Waals surface area contributed by atoms with E-state index < -0.39 is 5.82 Å². The fourth-order valence-electron chi connectivity index (χ4n) is 3.50. The quantitative estimate of drug-likeness (QED) is 0.888. The monoisotopic (exact) mass is 380 g/mol. The number of rotatable bonds is 3. The average molecular weight is 381 g/mol. The summed E-state index contributed by atoms with van der Waals surface area (Å²) in [5.41, 5.74) is 8.36. The molecule has 142 valence electrons. The standard InChI is InChI=1S/C19H25FN4O.ClH/c1-12-10-13(2)24(22-12)18-5-4-16(11-17(18)20)19(25)23-8-6-15(7-9-23)14(3)21;/h4-5,10-11,14-15H,6-9,21H2,1-3H3;1H. The Balaban J connectivity index is 0.00000243. The van der Waals surface area contributed by atoms with Crippen LogP contribution in [0.25, 0.3) is 5.69 Å². The number of halogens is 2. The number of aromatic nitrogens is 2. The summed E-state index contributed by atoms with van der Waals surface area (Å²) in [6.45, 7) is 7.10. The predicted molar refractivity (Wildman–Crippen MR) is 103 cm³/mol. The molecule has 1 aliphatic rings. The number of carbonyl (C=O) groups is 1. The second-order valence-electron chi connectivity index (χ2n) is 6.99. The van der Waals surface area contributed by atoms with Crippen LogP contribution in [0.2, 0.25) is 0 Å². The van der Waals surface area contributed by atoms with Crippen molar-refractivity contribution < 1.29 is 9.18 Å². The number of carbonyl (C=O) groups excluding carboxylic acids is 1. The van der Waals surface area contributed by atoms with Crippen LogP contribution in [0.5, 0.6) is 0 Å². The molecule has 1 aliphatic heterocycles. The minimum Gasteiger partial charge on any atom is -0.339 e. The minimum absolute atomic E-state index is 0. The highest BCUT2D eigenvalue weighted by Crippen LogP contribution is 2.23. The van der Waals surface area contributed by atoms with Gasteiger partial charge in [-0.25, -0.2) is 9.07 Å². The summed E-state index contributed by atoms with van der Waals surface area (Å²) in [6, 6.07) is 6.65. The third-order valence-corrected chi connectivity index (χ3v) is 5.00. The summed E-state index contributed by atoms with van der Waals surface area (Å²) in [5, 5.41) is 4.30. The molecule has 5 nitrogen and oxygen atoms in total. The van der Waals surface area contributed by atoms with Gasteiger partial charge in [0.05, 0.1) is 5.69 Å². The number of amides is 1. The molecular weight excluding hydrogens is 355 g/mol. The lowest BCUT2D eigenvalue weighted by Gasteiger charge is -2.33. The van der Waals surface area contributed by atoms with Crippen molar-refractivity contribution in [2.45, 2.75) is 39.7 Å². The zero-order valence-electron chi connectivity index (χ0n) is 15.4. The van der Waals surface area contributed by atoms with E-state index in [0.717, 1.165) is 24.2 Å². The lowest BCUT2D eigenvalue weighted by Crippen LogP contribution is -2.42. The molecule has 2 aromatic rings. The zero-order valence-corrected chi connectivity index (χ0v) is 16.2. The number of nitrogens with two attached hydrogens (primary N) is 1. The first-order valence-corrected chi connectivity index (χ1v) is 8.75. The van der Waals surface area contributed by atoms with Crippen LogP contribution in [0.1, 0.15) is 41.5 Å². The van der Waals surface area contributed by atoms with Gasteiger partial charge in [0, 0.05) is 30.4 Å². The van der Waals surface area contributed by atoms with E-state index >= 15 is 0 Å². The molecule has 1 aromatic heterocycles. The maximum absolute atomic E-state index is 14.6. The molecule has 0 bridgehead atoms. The Morgan fingerprint density at radius 2 is 1.92 bits per heavy atom. The molecule has 2 N–H and O–H groups in total. The smallest absolute Gasteiger partial charge is 0.253 e. The van der Waals surface area contributed by atoms with Crippen molar-refractivity contribution in [3.63, 3.8) is 0 Å². The van der Waals surface area contributed by atoms with E-state index in [1.165, 1.54) is 6.07 Å². The van der Waals surface area contributed by atoms with Gasteiger partial charge in [0.1, 0.15) is 11.5 Å². The molecule has 0 saturated carbocycles. The molecule has 1 saturated heterocycles. The van der Waals surface area contributed by atoms with Gasteiger partial charge in [0.2, 0.25) is 0 Å². The van der Waals surface area contributed by atoms with Gasteiger partial charge in [-0.1, -0.05) is 0 Å². The Labute approximate surface area is 159 Å². The van der Waals surface area contributed by atoms with Crippen molar-refractivity contribution >= 4 is 18.3 Å². The number of nitrogens with zero attached hydrogens (tertiary/aromatic N) is 3. The number of likely N-dealkylation sites (tertiary alicyclic amines) is 1. The van der Waals surface area contributed by atoms with Crippen LogP contribution in [-0.2, 0) is 0 Å². The molecule has 0 aliphatic carbocycles. The summed E-state index contributed by atoms with van der Waals surface area (Å²) < 4.78 is 16.1. The largest absolute Gasteiger partial charge is 0.339 e. The van der Waals surface area contributed by atoms with Crippen LogP contribution in [0, 0.1) is 25.6 Å². The Morgan fingerprint density at radius 1 is 1.27 bits per heavy atom. The molecule has 1 aromatic carbocycles. The highest BCUT2D eigenvalue weighted by atomic mass is 35.5. The van der Waals surface area contributed by atoms with Crippen molar-refractivity contribution in [1.82, 2.24) is 14.7 Å². The number of benzene rings is 1. The molecule has 1 atom stereocenters. The lowest BCUT2D eigenvalue weighted by atomic mass is 9.90. The van der Waals surface area contributed by atoms with Gasteiger partial charge in [-0.3, -0.25) is 4.79 Å². The first-order valence-electron chi connectivity index (χ1n) is 8.75. The second-order valence-corrected chi connectivity index (χ2v) is 6.99. The predicted octanol–water partition coefficient (Wildman–Crippen LogP) is 3.25. The molecule has 1 amide bonds. The molecule has 1 unspecified atom stereocenters. The highest BCUT2D eigenvalue weighted by Gasteiger charge is 2.26. The van der Waals surface area contributed by atoms with Crippen molar-refractivity contribution in [2.75, 3.05) is 13.1 Å². The summed E-state index contributed by atoms with van der Waals surface area (Å²) in [6.07, 6.45) is 1.80. The molecule has 0 spiro atoms. The van der Waals surface area contributed by atoms with Gasteiger partial charge in [0.15, 0.2) is 0 Å². The van der Waals surface area contributed by atoms with E-state index in [4.69, 9.17) is 5.73 Å². The normalized spacial score (nSPS) is 16.3. The highest BCUT2D eigenvalue weighted by molar-refractivity contribution is 5.94. The molecule has 2 heterocycles. The van der Waals surface area contributed by atoms with Gasteiger partial charge in [-0.05, 0) is 63.8 Å². The van der Waals surface area contributed by atoms with E-state index in [1.807, 2.05) is 26.8 Å². The topological polar surface area (TPSA) is 64.2 Å². The fourth-order valence-corrected chi connectivity index (χ4v) is 3.50. The maximum atomic E-state index is 14.6. The Morgan fingerprint density at radius 3 is 2.42 bits per heavy atom. The lowest BCUT2D eigenvalue weighted by molar-refractivity contribution is 0.0680. The third-order valence-electron chi connectivity index (χ3n) is 5.00. The summed E-state index contributed by atoms with van der Waals surface area (Å²) in [5.74, 6) is -0.112. The molecule has 0 radical (unpaired) electrons. The van der Waals surface area contributed by atoms with Crippen LogP contribution in [-0.4, -0.2) is 39.7 Å². The van der Waals surface area contributed by atoms with Crippen LogP contribution < -0.4 is 5.73 Å².